The zero-order valence-corrected chi connectivity index (χ0v) is 14.3. The highest BCUT2D eigenvalue weighted by molar-refractivity contribution is 5.80. The van der Waals surface area contributed by atoms with E-state index in [0.717, 1.165) is 32.2 Å². The van der Waals surface area contributed by atoms with E-state index in [1.807, 2.05) is 19.1 Å². The molecule has 24 heavy (non-hydrogen) atoms. The number of benzene rings is 2. The fourth-order valence-corrected chi connectivity index (χ4v) is 4.21. The molecular weight excluding hydrogens is 296 g/mol. The first-order valence-corrected chi connectivity index (χ1v) is 8.87. The lowest BCUT2D eigenvalue weighted by Gasteiger charge is -2.50. The number of nitrogens with zero attached hydrogens (tertiary/aromatic N) is 1. The van der Waals surface area contributed by atoms with Crippen LogP contribution >= 0.6 is 0 Å². The van der Waals surface area contributed by atoms with Crippen molar-refractivity contribution in [1.82, 2.24) is 4.90 Å². The highest BCUT2D eigenvalue weighted by Gasteiger charge is 2.45. The Morgan fingerprint density at radius 3 is 2.04 bits per heavy atom. The van der Waals surface area contributed by atoms with Crippen LogP contribution in [0.4, 0.5) is 0 Å². The summed E-state index contributed by atoms with van der Waals surface area (Å²) in [6.45, 7) is 2.94. The predicted octanol–water partition coefficient (Wildman–Crippen LogP) is 3.68. The van der Waals surface area contributed by atoms with Crippen molar-refractivity contribution >= 4 is 5.91 Å². The van der Waals surface area contributed by atoms with Gasteiger partial charge < -0.3 is 5.73 Å². The maximum absolute atomic E-state index is 12.2. The Morgan fingerprint density at radius 2 is 1.58 bits per heavy atom. The molecule has 2 aromatic carbocycles. The number of hydrogen-bond acceptors (Lipinski definition) is 2. The van der Waals surface area contributed by atoms with Gasteiger partial charge in [0.05, 0.1) is 11.6 Å². The fourth-order valence-electron chi connectivity index (χ4n) is 4.21. The van der Waals surface area contributed by atoms with Gasteiger partial charge >= 0.3 is 0 Å². The molecule has 0 aromatic heterocycles. The average molecular weight is 322 g/mol. The normalized spacial score (nSPS) is 18.9. The molecule has 3 nitrogen and oxygen atoms in total. The third kappa shape index (κ3) is 2.84. The van der Waals surface area contributed by atoms with Gasteiger partial charge in [0.1, 0.15) is 0 Å². The van der Waals surface area contributed by atoms with Gasteiger partial charge in [-0.05, 0) is 36.8 Å². The maximum atomic E-state index is 12.2. The summed E-state index contributed by atoms with van der Waals surface area (Å²) in [6, 6.07) is 20.9. The highest BCUT2D eigenvalue weighted by Crippen LogP contribution is 2.44. The van der Waals surface area contributed by atoms with Crippen molar-refractivity contribution < 1.29 is 4.79 Å². The molecule has 0 aliphatic carbocycles. The van der Waals surface area contributed by atoms with Crippen molar-refractivity contribution in [3.05, 3.63) is 71.8 Å². The zero-order valence-electron chi connectivity index (χ0n) is 14.3. The molecule has 0 saturated carbocycles. The van der Waals surface area contributed by atoms with E-state index in [2.05, 4.69) is 53.4 Å². The molecule has 0 spiro atoms. The van der Waals surface area contributed by atoms with Crippen LogP contribution in [0, 0.1) is 0 Å². The minimum atomic E-state index is -0.281. The number of carbonyl (C=O) groups is 1. The molecule has 3 heteroatoms. The molecule has 1 fully saturated rings. The lowest BCUT2D eigenvalue weighted by atomic mass is 9.74. The van der Waals surface area contributed by atoms with Gasteiger partial charge in [0, 0.05) is 6.54 Å². The van der Waals surface area contributed by atoms with Crippen LogP contribution in [0.25, 0.3) is 0 Å². The first-order chi connectivity index (χ1) is 11.7. The van der Waals surface area contributed by atoms with Gasteiger partial charge in [-0.15, -0.1) is 0 Å². The maximum Gasteiger partial charge on any atom is 0.234 e. The lowest BCUT2D eigenvalue weighted by molar-refractivity contribution is -0.126. The molecule has 1 saturated heterocycles. The van der Waals surface area contributed by atoms with Crippen molar-refractivity contribution in [1.29, 1.82) is 0 Å². The number of nitrogens with two attached hydrogens (primary N) is 1. The second-order valence-corrected chi connectivity index (χ2v) is 6.57. The van der Waals surface area contributed by atoms with E-state index in [-0.39, 0.29) is 17.5 Å². The molecule has 1 amide bonds. The standard InChI is InChI=1S/C21H26N2O/c1-2-19(20(22)24)23-16-10-9-15-21(23,17-11-5-3-6-12-17)18-13-7-4-8-14-18/h3-8,11-14,19H,2,9-10,15-16H2,1H3,(H2,22,24). The monoisotopic (exact) mass is 322 g/mol. The van der Waals surface area contributed by atoms with Crippen LogP contribution in [0.15, 0.2) is 60.7 Å². The minimum Gasteiger partial charge on any atom is -0.368 e. The van der Waals surface area contributed by atoms with Gasteiger partial charge in [-0.2, -0.15) is 0 Å². The lowest BCUT2D eigenvalue weighted by Crippen LogP contribution is -2.58. The summed E-state index contributed by atoms with van der Waals surface area (Å²) in [5.41, 5.74) is 7.99. The Balaban J connectivity index is 2.20. The van der Waals surface area contributed by atoms with Gasteiger partial charge in [0.15, 0.2) is 0 Å². The fraction of sp³-hybridized carbons (Fsp3) is 0.381. The Kier molecular flexibility index (Phi) is 5.00. The molecule has 1 atom stereocenters. The van der Waals surface area contributed by atoms with Gasteiger partial charge in [-0.3, -0.25) is 9.69 Å². The van der Waals surface area contributed by atoms with Crippen molar-refractivity contribution in [3.63, 3.8) is 0 Å². The van der Waals surface area contributed by atoms with E-state index in [1.54, 1.807) is 0 Å². The number of rotatable bonds is 5. The molecule has 2 N–H and O–H groups in total. The number of primary amides is 1. The van der Waals surface area contributed by atoms with Crippen LogP contribution < -0.4 is 5.73 Å². The molecule has 1 aliphatic rings. The summed E-state index contributed by atoms with van der Waals surface area (Å²) < 4.78 is 0. The second kappa shape index (κ2) is 7.18. The molecule has 1 heterocycles. The van der Waals surface area contributed by atoms with Crippen molar-refractivity contribution in [2.45, 2.75) is 44.2 Å². The van der Waals surface area contributed by atoms with Gasteiger partial charge in [0.25, 0.3) is 0 Å². The topological polar surface area (TPSA) is 46.3 Å². The third-order valence-electron chi connectivity index (χ3n) is 5.27. The van der Waals surface area contributed by atoms with Gasteiger partial charge in [-0.1, -0.05) is 67.6 Å². The van der Waals surface area contributed by atoms with Crippen LogP contribution in [0.1, 0.15) is 43.7 Å². The van der Waals surface area contributed by atoms with Crippen LogP contribution in [0.2, 0.25) is 0 Å². The second-order valence-electron chi connectivity index (χ2n) is 6.57. The number of hydrogen-bond donors (Lipinski definition) is 1. The van der Waals surface area contributed by atoms with Gasteiger partial charge in [0.2, 0.25) is 5.91 Å². The molecule has 0 bridgehead atoms. The van der Waals surface area contributed by atoms with E-state index in [9.17, 15) is 4.79 Å². The van der Waals surface area contributed by atoms with Crippen LogP contribution in [-0.2, 0) is 10.3 Å². The SMILES string of the molecule is CCC(C(N)=O)N1CCCCC1(c1ccccc1)c1ccccc1. The molecular formula is C21H26N2O. The Hall–Kier alpha value is -2.13. The number of likely N-dealkylation sites (tertiary alicyclic amines) is 1. The number of carbonyl (C=O) groups excluding carboxylic acids is 1. The molecule has 1 aliphatic heterocycles. The van der Waals surface area contributed by atoms with E-state index in [4.69, 9.17) is 5.73 Å². The Bertz CT molecular complexity index is 629. The molecule has 1 unspecified atom stereocenters. The summed E-state index contributed by atoms with van der Waals surface area (Å²) in [7, 11) is 0. The largest absolute Gasteiger partial charge is 0.368 e. The van der Waals surface area contributed by atoms with Crippen LogP contribution in [0.5, 0.6) is 0 Å². The first kappa shape index (κ1) is 16.7. The summed E-state index contributed by atoms with van der Waals surface area (Å²) in [6.07, 6.45) is 3.99. The zero-order chi connectivity index (χ0) is 17.0. The van der Waals surface area contributed by atoms with Crippen molar-refractivity contribution in [3.8, 4) is 0 Å². The molecule has 126 valence electrons. The number of piperidine rings is 1. The van der Waals surface area contributed by atoms with Crippen LogP contribution in [0.3, 0.4) is 0 Å². The molecule has 0 radical (unpaired) electrons. The summed E-state index contributed by atoms with van der Waals surface area (Å²) in [5, 5.41) is 0. The van der Waals surface area contributed by atoms with Gasteiger partial charge in [-0.25, -0.2) is 0 Å². The van der Waals surface area contributed by atoms with E-state index >= 15 is 0 Å². The minimum absolute atomic E-state index is 0.226. The summed E-state index contributed by atoms with van der Waals surface area (Å²) >= 11 is 0. The average Bonchev–Trinajstić information content (AvgIpc) is 2.64. The quantitative estimate of drug-likeness (QED) is 0.913. The van der Waals surface area contributed by atoms with Crippen LogP contribution in [-0.4, -0.2) is 23.4 Å². The highest BCUT2D eigenvalue weighted by atomic mass is 16.1. The summed E-state index contributed by atoms with van der Waals surface area (Å²) in [5.74, 6) is -0.226. The first-order valence-electron chi connectivity index (χ1n) is 8.87. The van der Waals surface area contributed by atoms with Crippen molar-refractivity contribution in [2.75, 3.05) is 6.54 Å². The predicted molar refractivity (Wildman–Crippen MR) is 97.5 cm³/mol. The van der Waals surface area contributed by atoms with E-state index in [1.165, 1.54) is 11.1 Å². The third-order valence-corrected chi connectivity index (χ3v) is 5.27. The number of amides is 1. The smallest absolute Gasteiger partial charge is 0.234 e. The van der Waals surface area contributed by atoms with E-state index in [0.29, 0.717) is 0 Å². The molecule has 3 rings (SSSR count). The summed E-state index contributed by atoms with van der Waals surface area (Å²) in [4.78, 5) is 14.5. The van der Waals surface area contributed by atoms with E-state index < -0.39 is 0 Å². The Morgan fingerprint density at radius 1 is 1.04 bits per heavy atom. The molecule has 2 aromatic rings. The van der Waals surface area contributed by atoms with Crippen molar-refractivity contribution in [2.24, 2.45) is 5.73 Å². The Labute approximate surface area is 144 Å².